The Morgan fingerprint density at radius 3 is 2.49 bits per heavy atom. The summed E-state index contributed by atoms with van der Waals surface area (Å²) in [6, 6.07) is 11.8. The number of carbonyl (C=O) groups excluding carboxylic acids is 1. The minimum atomic E-state index is -3.75. The number of piperidine rings is 1. The van der Waals surface area contributed by atoms with Crippen LogP contribution in [0.3, 0.4) is 0 Å². The molecule has 0 spiro atoms. The molecule has 1 aliphatic heterocycles. The van der Waals surface area contributed by atoms with Crippen LogP contribution in [0.4, 0.5) is 16.6 Å². The molecule has 4 aromatic rings. The van der Waals surface area contributed by atoms with Crippen LogP contribution in [0.1, 0.15) is 24.2 Å². The first-order chi connectivity index (χ1) is 17.8. The number of sulfonamides is 1. The largest absolute Gasteiger partial charge is 0.354 e. The number of carbonyl (C=O) groups is 1. The van der Waals surface area contributed by atoms with E-state index in [1.165, 1.54) is 29.7 Å². The zero-order valence-corrected chi connectivity index (χ0v) is 22.0. The fourth-order valence-corrected chi connectivity index (χ4v) is 6.06. The van der Waals surface area contributed by atoms with Crippen molar-refractivity contribution in [2.45, 2.75) is 31.6 Å². The summed E-state index contributed by atoms with van der Waals surface area (Å²) in [5.41, 5.74) is 2.43. The van der Waals surface area contributed by atoms with E-state index in [9.17, 15) is 13.2 Å². The highest BCUT2D eigenvalue weighted by atomic mass is 32.2. The molecule has 0 radical (unpaired) electrons. The predicted molar refractivity (Wildman–Crippen MR) is 142 cm³/mol. The lowest BCUT2D eigenvalue weighted by Gasteiger charge is -2.32. The molecule has 1 amide bonds. The average molecular weight is 539 g/mol. The van der Waals surface area contributed by atoms with Crippen LogP contribution in [0.5, 0.6) is 0 Å². The molecule has 0 bridgehead atoms. The summed E-state index contributed by atoms with van der Waals surface area (Å²) in [6.07, 6.45) is 3.13. The van der Waals surface area contributed by atoms with Crippen molar-refractivity contribution in [1.82, 2.24) is 25.0 Å². The van der Waals surface area contributed by atoms with Gasteiger partial charge in [-0.05, 0) is 69.2 Å². The van der Waals surface area contributed by atoms with Crippen molar-refractivity contribution < 1.29 is 13.2 Å². The number of hydrogen-bond acceptors (Lipinski definition) is 9. The quantitative estimate of drug-likeness (QED) is 0.366. The van der Waals surface area contributed by atoms with Crippen molar-refractivity contribution >= 4 is 43.9 Å². The third kappa shape index (κ3) is 5.62. The van der Waals surface area contributed by atoms with Gasteiger partial charge in [0.15, 0.2) is 16.8 Å². The van der Waals surface area contributed by atoms with Gasteiger partial charge >= 0.3 is 0 Å². The van der Waals surface area contributed by atoms with Crippen LogP contribution in [0, 0.1) is 19.8 Å². The number of thiazole rings is 1. The van der Waals surface area contributed by atoms with Crippen molar-refractivity contribution in [2.24, 2.45) is 5.92 Å². The van der Waals surface area contributed by atoms with E-state index in [-0.39, 0.29) is 16.7 Å². The molecular weight excluding hydrogens is 512 g/mol. The Hall–Kier alpha value is -3.84. The Balaban J connectivity index is 1.21. The van der Waals surface area contributed by atoms with Crippen LogP contribution in [0.15, 0.2) is 58.9 Å². The zero-order chi connectivity index (χ0) is 26.0. The van der Waals surface area contributed by atoms with Crippen LogP contribution in [0.25, 0.3) is 5.82 Å². The minimum Gasteiger partial charge on any atom is -0.354 e. The first kappa shape index (κ1) is 24.8. The fourth-order valence-electron chi connectivity index (χ4n) is 4.27. The van der Waals surface area contributed by atoms with E-state index in [0.717, 1.165) is 30.8 Å². The molecule has 1 fully saturated rings. The fraction of sp³-hybridized carbons (Fsp3) is 0.292. The van der Waals surface area contributed by atoms with Crippen LogP contribution in [-0.2, 0) is 14.8 Å². The molecule has 1 aliphatic rings. The second-order valence-corrected chi connectivity index (χ2v) is 11.4. The van der Waals surface area contributed by atoms with Gasteiger partial charge in [-0.1, -0.05) is 0 Å². The molecule has 0 aliphatic carbocycles. The lowest BCUT2D eigenvalue weighted by molar-refractivity contribution is -0.120. The van der Waals surface area contributed by atoms with Gasteiger partial charge in [0.25, 0.3) is 10.0 Å². The number of nitrogens with one attached hydrogen (secondary N) is 2. The molecule has 4 heterocycles. The van der Waals surface area contributed by atoms with Crippen LogP contribution in [0.2, 0.25) is 0 Å². The SMILES string of the molecule is Cc1cc(C)n(-c2ccc(N3CCCC(C(=O)Nc4ccc(S(=O)(=O)Nc5nccs5)cc4)C3)nn2)n1. The van der Waals surface area contributed by atoms with Crippen molar-refractivity contribution in [1.29, 1.82) is 0 Å². The average Bonchev–Trinajstić information content (AvgIpc) is 3.52. The third-order valence-electron chi connectivity index (χ3n) is 6.07. The second kappa shape index (κ2) is 10.3. The number of amides is 1. The first-order valence-electron chi connectivity index (χ1n) is 11.7. The Morgan fingerprint density at radius 1 is 1.08 bits per heavy atom. The minimum absolute atomic E-state index is 0.0898. The maximum absolute atomic E-state index is 13.0. The summed E-state index contributed by atoms with van der Waals surface area (Å²) >= 11 is 1.20. The molecule has 2 N–H and O–H groups in total. The Bertz CT molecular complexity index is 1480. The first-order valence-corrected chi connectivity index (χ1v) is 14.1. The molecule has 5 rings (SSSR count). The molecule has 1 unspecified atom stereocenters. The van der Waals surface area contributed by atoms with E-state index < -0.39 is 10.0 Å². The smallest absolute Gasteiger partial charge is 0.263 e. The third-order valence-corrected chi connectivity index (χ3v) is 8.24. The summed E-state index contributed by atoms with van der Waals surface area (Å²) < 4.78 is 29.2. The van der Waals surface area contributed by atoms with Gasteiger partial charge in [-0.3, -0.25) is 9.52 Å². The summed E-state index contributed by atoms with van der Waals surface area (Å²) in [5, 5.41) is 18.1. The molecule has 37 heavy (non-hydrogen) atoms. The summed E-state index contributed by atoms with van der Waals surface area (Å²) in [5.74, 6) is 1.01. The van der Waals surface area contributed by atoms with E-state index in [0.29, 0.717) is 29.0 Å². The monoisotopic (exact) mass is 538 g/mol. The zero-order valence-electron chi connectivity index (χ0n) is 20.3. The number of rotatable bonds is 7. The Morgan fingerprint density at radius 2 is 1.84 bits per heavy atom. The standard InChI is InChI=1S/C24H26N8O3S2/c1-16-14-17(2)32(29-16)22-10-9-21(27-28-22)31-12-3-4-18(15-31)23(33)26-19-5-7-20(8-6-19)37(34,35)30-24-25-11-13-36-24/h5-11,13-14,18H,3-4,12,15H2,1-2H3,(H,25,30)(H,26,33). The van der Waals surface area contributed by atoms with E-state index in [2.05, 4.69) is 35.2 Å². The molecular formula is C24H26N8O3S2. The Kier molecular flexibility index (Phi) is 6.89. The number of aryl methyl sites for hydroxylation is 2. The van der Waals surface area contributed by atoms with Gasteiger partial charge in [0.1, 0.15) is 0 Å². The van der Waals surface area contributed by atoms with Gasteiger partial charge in [0.2, 0.25) is 5.91 Å². The normalized spacial score (nSPS) is 15.9. The summed E-state index contributed by atoms with van der Waals surface area (Å²) in [7, 11) is -3.75. The number of benzene rings is 1. The lowest BCUT2D eigenvalue weighted by atomic mass is 9.97. The van der Waals surface area contributed by atoms with Gasteiger partial charge in [-0.2, -0.15) is 5.10 Å². The maximum atomic E-state index is 13.0. The molecule has 1 aromatic carbocycles. The van der Waals surface area contributed by atoms with Gasteiger partial charge in [-0.15, -0.1) is 21.5 Å². The lowest BCUT2D eigenvalue weighted by Crippen LogP contribution is -2.41. The predicted octanol–water partition coefficient (Wildman–Crippen LogP) is 3.39. The maximum Gasteiger partial charge on any atom is 0.263 e. The number of nitrogens with zero attached hydrogens (tertiary/aromatic N) is 6. The van der Waals surface area contributed by atoms with Crippen molar-refractivity contribution in [2.75, 3.05) is 28.0 Å². The van der Waals surface area contributed by atoms with E-state index in [4.69, 9.17) is 0 Å². The molecule has 1 saturated heterocycles. The van der Waals surface area contributed by atoms with E-state index in [1.54, 1.807) is 22.2 Å². The summed E-state index contributed by atoms with van der Waals surface area (Å²) in [6.45, 7) is 5.21. The van der Waals surface area contributed by atoms with E-state index in [1.807, 2.05) is 32.0 Å². The van der Waals surface area contributed by atoms with Crippen LogP contribution < -0.4 is 14.9 Å². The highest BCUT2D eigenvalue weighted by Crippen LogP contribution is 2.24. The number of anilines is 3. The van der Waals surface area contributed by atoms with Gasteiger partial charge in [0, 0.05) is 36.0 Å². The van der Waals surface area contributed by atoms with Gasteiger partial charge < -0.3 is 10.2 Å². The molecule has 1 atom stereocenters. The second-order valence-electron chi connectivity index (χ2n) is 8.83. The van der Waals surface area contributed by atoms with E-state index >= 15 is 0 Å². The molecule has 11 nitrogen and oxygen atoms in total. The Labute approximate surface area is 218 Å². The highest BCUT2D eigenvalue weighted by molar-refractivity contribution is 7.93. The molecule has 192 valence electrons. The van der Waals surface area contributed by atoms with Gasteiger partial charge in [-0.25, -0.2) is 18.1 Å². The molecule has 13 heteroatoms. The van der Waals surface area contributed by atoms with Crippen molar-refractivity contribution in [3.63, 3.8) is 0 Å². The topological polar surface area (TPSA) is 135 Å². The molecule has 0 saturated carbocycles. The van der Waals surface area contributed by atoms with Crippen molar-refractivity contribution in [3.05, 3.63) is 65.4 Å². The summed E-state index contributed by atoms with van der Waals surface area (Å²) in [4.78, 5) is 19.1. The molecule has 3 aromatic heterocycles. The van der Waals surface area contributed by atoms with Crippen LogP contribution in [-0.4, -0.2) is 52.4 Å². The van der Waals surface area contributed by atoms with Gasteiger partial charge in [0.05, 0.1) is 16.5 Å². The highest BCUT2D eigenvalue weighted by Gasteiger charge is 2.27. The van der Waals surface area contributed by atoms with Crippen LogP contribution >= 0.6 is 11.3 Å². The number of aromatic nitrogens is 5. The van der Waals surface area contributed by atoms with Crippen molar-refractivity contribution in [3.8, 4) is 5.82 Å². The number of hydrogen-bond donors (Lipinski definition) is 2.